The van der Waals surface area contributed by atoms with Crippen LogP contribution in [0.1, 0.15) is 74.3 Å². The van der Waals surface area contributed by atoms with Crippen LogP contribution in [-0.2, 0) is 21.4 Å². The minimum Gasteiger partial charge on any atom is -0.359 e. The standard InChI is InChI=1S/C30H36N4O4S/c1-5-6-13-27-31-30(16-9-10-17-30)29(35)34(27)19-24-15-14-23(18-20(24)2)25-11-7-8-12-26(25)39(36,37)33-28-21(3)22(4)38-32-28/h7-8,11-12,14-15,18H,5-6,9-10,13,16-17,19H2,1-4H3,(H,32,33). The number of aryl methyl sites for hydroxylation is 2. The maximum Gasteiger partial charge on any atom is 0.263 e. The van der Waals surface area contributed by atoms with Gasteiger partial charge in [-0.25, -0.2) is 8.42 Å². The molecule has 1 amide bonds. The van der Waals surface area contributed by atoms with Gasteiger partial charge in [0.2, 0.25) is 0 Å². The number of sulfonamides is 1. The van der Waals surface area contributed by atoms with Gasteiger partial charge in [0.25, 0.3) is 15.9 Å². The van der Waals surface area contributed by atoms with Crippen LogP contribution in [0, 0.1) is 20.8 Å². The normalized spacial score (nSPS) is 16.8. The molecule has 2 heterocycles. The van der Waals surface area contributed by atoms with Crippen molar-refractivity contribution in [2.75, 3.05) is 4.72 Å². The van der Waals surface area contributed by atoms with Crippen LogP contribution < -0.4 is 4.72 Å². The Morgan fingerprint density at radius 2 is 1.82 bits per heavy atom. The fraction of sp³-hybridized carbons (Fsp3) is 0.433. The van der Waals surface area contributed by atoms with Gasteiger partial charge in [0.05, 0.1) is 11.4 Å². The zero-order valence-corrected chi connectivity index (χ0v) is 23.9. The number of hydrogen-bond acceptors (Lipinski definition) is 6. The minimum absolute atomic E-state index is 0.135. The van der Waals surface area contributed by atoms with Crippen LogP contribution in [0.5, 0.6) is 0 Å². The van der Waals surface area contributed by atoms with E-state index in [4.69, 9.17) is 9.52 Å². The average Bonchev–Trinajstić information content (AvgIpc) is 3.59. The molecule has 206 valence electrons. The van der Waals surface area contributed by atoms with Crippen molar-refractivity contribution in [1.82, 2.24) is 10.1 Å². The number of benzene rings is 2. The predicted octanol–water partition coefficient (Wildman–Crippen LogP) is 6.31. The number of amides is 1. The molecular formula is C30H36N4O4S. The monoisotopic (exact) mass is 548 g/mol. The van der Waals surface area contributed by atoms with Gasteiger partial charge >= 0.3 is 0 Å². The highest BCUT2D eigenvalue weighted by Crippen LogP contribution is 2.40. The fourth-order valence-corrected chi connectivity index (χ4v) is 6.83. The van der Waals surface area contributed by atoms with E-state index < -0.39 is 15.6 Å². The molecule has 8 nitrogen and oxygen atoms in total. The van der Waals surface area contributed by atoms with Crippen LogP contribution in [-0.4, -0.2) is 35.8 Å². The molecule has 39 heavy (non-hydrogen) atoms. The van der Waals surface area contributed by atoms with E-state index in [1.165, 1.54) is 0 Å². The molecule has 0 saturated heterocycles. The molecule has 2 aromatic carbocycles. The van der Waals surface area contributed by atoms with Crippen molar-refractivity contribution >= 4 is 27.6 Å². The third-order valence-corrected chi connectivity index (χ3v) is 9.43. The average molecular weight is 549 g/mol. The van der Waals surface area contributed by atoms with Gasteiger partial charge in [-0.05, 0) is 62.8 Å². The molecule has 9 heteroatoms. The van der Waals surface area contributed by atoms with E-state index in [1.807, 2.05) is 36.1 Å². The molecule has 0 unspecified atom stereocenters. The van der Waals surface area contributed by atoms with Crippen molar-refractivity contribution in [2.24, 2.45) is 4.99 Å². The number of amidine groups is 1. The first-order valence-corrected chi connectivity index (χ1v) is 15.2. The van der Waals surface area contributed by atoms with Crippen molar-refractivity contribution in [3.05, 3.63) is 64.9 Å². The summed E-state index contributed by atoms with van der Waals surface area (Å²) in [6, 6.07) is 12.8. The Hall–Kier alpha value is -3.46. The van der Waals surface area contributed by atoms with Crippen LogP contribution in [0.3, 0.4) is 0 Å². The van der Waals surface area contributed by atoms with Gasteiger partial charge in [-0.15, -0.1) is 0 Å². The summed E-state index contributed by atoms with van der Waals surface area (Å²) in [6.45, 7) is 8.12. The molecule has 1 saturated carbocycles. The third kappa shape index (κ3) is 5.12. The SMILES string of the molecule is CCCCC1=NC2(CCCC2)C(=O)N1Cc1ccc(-c2ccccc2S(=O)(=O)Nc2noc(C)c2C)cc1C. The smallest absolute Gasteiger partial charge is 0.263 e. The first kappa shape index (κ1) is 27.1. The highest BCUT2D eigenvalue weighted by Gasteiger charge is 2.49. The number of nitrogens with one attached hydrogen (secondary N) is 1. The van der Waals surface area contributed by atoms with E-state index in [0.29, 0.717) is 23.4 Å². The first-order chi connectivity index (χ1) is 18.6. The van der Waals surface area contributed by atoms with Gasteiger partial charge < -0.3 is 4.52 Å². The summed E-state index contributed by atoms with van der Waals surface area (Å²) in [6.07, 6.45) is 6.63. The first-order valence-electron chi connectivity index (χ1n) is 13.7. The number of aliphatic imine (C=N–C) groups is 1. The van der Waals surface area contributed by atoms with Gasteiger partial charge in [0, 0.05) is 17.5 Å². The van der Waals surface area contributed by atoms with Gasteiger partial charge in [-0.2, -0.15) is 0 Å². The number of hydrogen-bond donors (Lipinski definition) is 1. The van der Waals surface area contributed by atoms with Crippen LogP contribution in [0.15, 0.2) is 56.9 Å². The van der Waals surface area contributed by atoms with Gasteiger partial charge in [0.15, 0.2) is 5.82 Å². The van der Waals surface area contributed by atoms with Gasteiger partial charge in [0.1, 0.15) is 17.1 Å². The molecule has 0 atom stereocenters. The Kier molecular flexibility index (Phi) is 7.37. The molecule has 1 aromatic heterocycles. The minimum atomic E-state index is -3.92. The Labute approximate surface area is 230 Å². The van der Waals surface area contributed by atoms with Crippen LogP contribution in [0.4, 0.5) is 5.82 Å². The van der Waals surface area contributed by atoms with Crippen molar-refractivity contribution in [2.45, 2.75) is 89.6 Å². The molecule has 1 N–H and O–H groups in total. The van der Waals surface area contributed by atoms with Crippen molar-refractivity contribution in [1.29, 1.82) is 0 Å². The second-order valence-corrected chi connectivity index (χ2v) is 12.4. The number of carbonyl (C=O) groups is 1. The maximum absolute atomic E-state index is 13.6. The summed E-state index contributed by atoms with van der Waals surface area (Å²) in [5.74, 6) is 1.79. The molecule has 2 aliphatic rings. The summed E-state index contributed by atoms with van der Waals surface area (Å²) in [5.41, 5.74) is 3.48. The zero-order valence-electron chi connectivity index (χ0n) is 23.1. The van der Waals surface area contributed by atoms with E-state index in [1.54, 1.807) is 32.0 Å². The Balaban J connectivity index is 1.42. The summed E-state index contributed by atoms with van der Waals surface area (Å²) >= 11 is 0. The van der Waals surface area contributed by atoms with Gasteiger partial charge in [-0.3, -0.25) is 19.4 Å². The Bertz CT molecular complexity index is 1530. The van der Waals surface area contributed by atoms with E-state index >= 15 is 0 Å². The molecule has 1 spiro atoms. The summed E-state index contributed by atoms with van der Waals surface area (Å²) in [7, 11) is -3.92. The lowest BCUT2D eigenvalue weighted by Crippen LogP contribution is -2.40. The summed E-state index contributed by atoms with van der Waals surface area (Å²) < 4.78 is 34.4. The van der Waals surface area contributed by atoms with Crippen LogP contribution in [0.25, 0.3) is 11.1 Å². The fourth-order valence-electron chi connectivity index (χ4n) is 5.54. The number of anilines is 1. The third-order valence-electron chi connectivity index (χ3n) is 8.03. The zero-order chi connectivity index (χ0) is 27.8. The van der Waals surface area contributed by atoms with Crippen molar-refractivity contribution < 1.29 is 17.7 Å². The van der Waals surface area contributed by atoms with E-state index in [0.717, 1.165) is 67.5 Å². The largest absolute Gasteiger partial charge is 0.359 e. The molecule has 1 fully saturated rings. The quantitative estimate of drug-likeness (QED) is 0.337. The molecule has 3 aromatic rings. The molecule has 5 rings (SSSR count). The van der Waals surface area contributed by atoms with E-state index in [9.17, 15) is 13.2 Å². The van der Waals surface area contributed by atoms with E-state index in [-0.39, 0.29) is 16.6 Å². The van der Waals surface area contributed by atoms with Crippen LogP contribution in [0.2, 0.25) is 0 Å². The predicted molar refractivity (Wildman–Crippen MR) is 152 cm³/mol. The molecular weight excluding hydrogens is 512 g/mol. The molecule has 1 aliphatic carbocycles. The highest BCUT2D eigenvalue weighted by atomic mass is 32.2. The second kappa shape index (κ2) is 10.6. The maximum atomic E-state index is 13.6. The van der Waals surface area contributed by atoms with Gasteiger partial charge in [-0.1, -0.05) is 67.7 Å². The summed E-state index contributed by atoms with van der Waals surface area (Å²) in [4.78, 5) is 20.6. The number of carbonyl (C=O) groups excluding carboxylic acids is 1. The number of nitrogens with zero attached hydrogens (tertiary/aromatic N) is 3. The number of unbranched alkanes of at least 4 members (excludes halogenated alkanes) is 1. The lowest BCUT2D eigenvalue weighted by molar-refractivity contribution is -0.131. The lowest BCUT2D eigenvalue weighted by atomic mass is 9.97. The van der Waals surface area contributed by atoms with E-state index in [2.05, 4.69) is 16.8 Å². The van der Waals surface area contributed by atoms with Crippen molar-refractivity contribution in [3.63, 3.8) is 0 Å². The second-order valence-electron chi connectivity index (χ2n) is 10.7. The number of rotatable bonds is 9. The molecule has 1 aliphatic heterocycles. The van der Waals surface area contributed by atoms with Crippen LogP contribution >= 0.6 is 0 Å². The Morgan fingerprint density at radius 3 is 2.49 bits per heavy atom. The number of aromatic nitrogens is 1. The highest BCUT2D eigenvalue weighted by molar-refractivity contribution is 7.92. The topological polar surface area (TPSA) is 105 Å². The Morgan fingerprint density at radius 1 is 1.08 bits per heavy atom. The molecule has 0 bridgehead atoms. The molecule has 0 radical (unpaired) electrons. The lowest BCUT2D eigenvalue weighted by Gasteiger charge is -2.23. The van der Waals surface area contributed by atoms with Crippen molar-refractivity contribution in [3.8, 4) is 11.1 Å². The summed E-state index contributed by atoms with van der Waals surface area (Å²) in [5, 5.41) is 3.85.